The lowest BCUT2D eigenvalue weighted by Gasteiger charge is -2.19. The topological polar surface area (TPSA) is 46.5 Å². The lowest BCUT2D eigenvalue weighted by molar-refractivity contribution is -0.297. The molecular formula is C12H11F5O3. The van der Waals surface area contributed by atoms with Gasteiger partial charge in [-0.1, -0.05) is 24.3 Å². The number of benzene rings is 1. The van der Waals surface area contributed by atoms with Gasteiger partial charge < -0.3 is 9.84 Å². The molecule has 0 heterocycles. The first-order valence-electron chi connectivity index (χ1n) is 5.44. The number of carboxylic acids is 1. The summed E-state index contributed by atoms with van der Waals surface area (Å²) in [7, 11) is 0. The summed E-state index contributed by atoms with van der Waals surface area (Å²) < 4.78 is 64.9. The molecule has 0 unspecified atom stereocenters. The molecule has 20 heavy (non-hydrogen) atoms. The monoisotopic (exact) mass is 298 g/mol. The number of alkyl halides is 5. The predicted octanol–water partition coefficient (Wildman–Crippen LogP) is 3.03. The van der Waals surface area contributed by atoms with Crippen LogP contribution in [0.2, 0.25) is 0 Å². The van der Waals surface area contributed by atoms with Crippen LogP contribution in [0.15, 0.2) is 24.3 Å². The number of carboxylic acid groups (broad SMARTS) is 1. The van der Waals surface area contributed by atoms with Gasteiger partial charge in [0.1, 0.15) is 6.61 Å². The van der Waals surface area contributed by atoms with Crippen molar-refractivity contribution >= 4 is 5.97 Å². The number of aliphatic carboxylic acids is 1. The van der Waals surface area contributed by atoms with Gasteiger partial charge in [-0.15, -0.1) is 0 Å². The summed E-state index contributed by atoms with van der Waals surface area (Å²) in [6.07, 6.45) is -5.84. The van der Waals surface area contributed by atoms with Gasteiger partial charge in [0.25, 0.3) is 0 Å². The Morgan fingerprint density at radius 2 is 1.55 bits per heavy atom. The van der Waals surface area contributed by atoms with E-state index in [-0.39, 0.29) is 6.42 Å². The largest absolute Gasteiger partial charge is 0.481 e. The van der Waals surface area contributed by atoms with Crippen LogP contribution >= 0.6 is 0 Å². The fourth-order valence-electron chi connectivity index (χ4n) is 1.31. The molecule has 1 rings (SSSR count). The van der Waals surface area contributed by atoms with Crippen molar-refractivity contribution in [2.75, 3.05) is 6.61 Å². The third-order valence-corrected chi connectivity index (χ3v) is 2.35. The Hall–Kier alpha value is -1.70. The van der Waals surface area contributed by atoms with Crippen LogP contribution in [-0.2, 0) is 22.6 Å². The molecule has 0 aliphatic heterocycles. The smallest absolute Gasteiger partial charge is 0.455 e. The Kier molecular flexibility index (Phi) is 5.04. The quantitative estimate of drug-likeness (QED) is 0.821. The van der Waals surface area contributed by atoms with Gasteiger partial charge in [-0.25, -0.2) is 0 Å². The summed E-state index contributed by atoms with van der Waals surface area (Å²) in [6.45, 7) is -2.17. The molecule has 0 aliphatic rings. The molecule has 8 heteroatoms. The van der Waals surface area contributed by atoms with Crippen LogP contribution < -0.4 is 0 Å². The van der Waals surface area contributed by atoms with E-state index in [1.54, 1.807) is 0 Å². The van der Waals surface area contributed by atoms with Crippen molar-refractivity contribution < 1.29 is 36.6 Å². The zero-order valence-corrected chi connectivity index (χ0v) is 10.1. The molecule has 0 aromatic heterocycles. The standard InChI is InChI=1S/C12H11F5O3/c13-11(14,12(15,16)17)7-20-6-9-3-1-8(2-4-9)5-10(18)19/h1-4H,5-7H2,(H,18,19). The maximum Gasteiger partial charge on any atom is 0.455 e. The second-order valence-corrected chi connectivity index (χ2v) is 4.08. The molecule has 0 aliphatic carbocycles. The molecular weight excluding hydrogens is 287 g/mol. The Balaban J connectivity index is 2.49. The fourth-order valence-corrected chi connectivity index (χ4v) is 1.31. The highest BCUT2D eigenvalue weighted by atomic mass is 19.4. The van der Waals surface area contributed by atoms with Gasteiger partial charge in [-0.05, 0) is 11.1 Å². The molecule has 0 bridgehead atoms. The Morgan fingerprint density at radius 1 is 1.05 bits per heavy atom. The highest BCUT2D eigenvalue weighted by molar-refractivity contribution is 5.70. The minimum Gasteiger partial charge on any atom is -0.481 e. The van der Waals surface area contributed by atoms with Crippen LogP contribution in [0.25, 0.3) is 0 Å². The van der Waals surface area contributed by atoms with Crippen LogP contribution in [0.5, 0.6) is 0 Å². The number of hydrogen-bond donors (Lipinski definition) is 1. The minimum absolute atomic E-state index is 0.201. The lowest BCUT2D eigenvalue weighted by atomic mass is 10.1. The number of carbonyl (C=O) groups is 1. The first-order chi connectivity index (χ1) is 9.12. The van der Waals surface area contributed by atoms with E-state index in [4.69, 9.17) is 5.11 Å². The van der Waals surface area contributed by atoms with Crippen molar-refractivity contribution in [1.82, 2.24) is 0 Å². The van der Waals surface area contributed by atoms with Crippen molar-refractivity contribution in [2.24, 2.45) is 0 Å². The molecule has 0 saturated carbocycles. The van der Waals surface area contributed by atoms with E-state index in [1.807, 2.05) is 0 Å². The molecule has 1 aromatic rings. The van der Waals surface area contributed by atoms with Crippen LogP contribution in [0.4, 0.5) is 22.0 Å². The van der Waals surface area contributed by atoms with E-state index in [9.17, 15) is 26.7 Å². The van der Waals surface area contributed by atoms with Crippen LogP contribution in [0.1, 0.15) is 11.1 Å². The number of halogens is 5. The van der Waals surface area contributed by atoms with Crippen LogP contribution in [0.3, 0.4) is 0 Å². The SMILES string of the molecule is O=C(O)Cc1ccc(COCC(F)(F)C(F)(F)F)cc1. The molecule has 0 atom stereocenters. The average molecular weight is 298 g/mol. The van der Waals surface area contributed by atoms with Gasteiger partial charge in [-0.3, -0.25) is 4.79 Å². The Bertz CT molecular complexity index is 453. The zero-order chi connectivity index (χ0) is 15.4. The van der Waals surface area contributed by atoms with Gasteiger partial charge in [0.15, 0.2) is 0 Å². The second-order valence-electron chi connectivity index (χ2n) is 4.08. The highest BCUT2D eigenvalue weighted by Crippen LogP contribution is 2.35. The second kappa shape index (κ2) is 6.17. The van der Waals surface area contributed by atoms with Gasteiger partial charge in [-0.2, -0.15) is 22.0 Å². The highest BCUT2D eigenvalue weighted by Gasteiger charge is 2.57. The number of ether oxygens (including phenoxy) is 1. The molecule has 0 spiro atoms. The van der Waals surface area contributed by atoms with Crippen molar-refractivity contribution in [3.63, 3.8) is 0 Å². The Labute approximate surface area is 111 Å². The van der Waals surface area contributed by atoms with Crippen LogP contribution in [-0.4, -0.2) is 29.8 Å². The molecule has 0 fully saturated rings. The lowest BCUT2D eigenvalue weighted by Crippen LogP contribution is -2.40. The van der Waals surface area contributed by atoms with E-state index >= 15 is 0 Å². The van der Waals surface area contributed by atoms with Crippen LogP contribution in [0, 0.1) is 0 Å². The molecule has 1 aromatic carbocycles. The summed E-state index contributed by atoms with van der Waals surface area (Å²) in [5, 5.41) is 8.53. The summed E-state index contributed by atoms with van der Waals surface area (Å²) in [4.78, 5) is 10.4. The Morgan fingerprint density at radius 3 is 2.00 bits per heavy atom. The van der Waals surface area contributed by atoms with Crippen molar-refractivity contribution in [2.45, 2.75) is 25.1 Å². The van der Waals surface area contributed by atoms with Crippen molar-refractivity contribution in [3.05, 3.63) is 35.4 Å². The van der Waals surface area contributed by atoms with E-state index in [2.05, 4.69) is 4.74 Å². The minimum atomic E-state index is -5.64. The summed E-state index contributed by atoms with van der Waals surface area (Å²) in [5.74, 6) is -5.92. The molecule has 0 saturated heterocycles. The first kappa shape index (κ1) is 16.4. The molecule has 0 amide bonds. The van der Waals surface area contributed by atoms with E-state index in [0.29, 0.717) is 11.1 Å². The zero-order valence-electron chi connectivity index (χ0n) is 10.1. The third kappa shape index (κ3) is 4.76. The maximum absolute atomic E-state index is 12.5. The first-order valence-corrected chi connectivity index (χ1v) is 5.44. The summed E-state index contributed by atoms with van der Waals surface area (Å²) in [6, 6.07) is 5.69. The normalized spacial score (nSPS) is 12.4. The summed E-state index contributed by atoms with van der Waals surface area (Å²) >= 11 is 0. The van der Waals surface area contributed by atoms with Crippen molar-refractivity contribution in [3.8, 4) is 0 Å². The van der Waals surface area contributed by atoms with E-state index in [0.717, 1.165) is 0 Å². The fraction of sp³-hybridized carbons (Fsp3) is 0.417. The maximum atomic E-state index is 12.5. The number of rotatable bonds is 6. The molecule has 1 N–H and O–H groups in total. The van der Waals surface area contributed by atoms with Gasteiger partial charge in [0, 0.05) is 0 Å². The van der Waals surface area contributed by atoms with Gasteiger partial charge in [0.05, 0.1) is 13.0 Å². The van der Waals surface area contributed by atoms with E-state index in [1.165, 1.54) is 24.3 Å². The summed E-state index contributed by atoms with van der Waals surface area (Å²) in [5.41, 5.74) is 0.860. The predicted molar refractivity (Wildman–Crippen MR) is 58.4 cm³/mol. The van der Waals surface area contributed by atoms with Crippen molar-refractivity contribution in [1.29, 1.82) is 0 Å². The molecule has 3 nitrogen and oxygen atoms in total. The average Bonchev–Trinajstić information content (AvgIpc) is 2.29. The van der Waals surface area contributed by atoms with Gasteiger partial charge in [0.2, 0.25) is 0 Å². The molecule has 0 radical (unpaired) electrons. The van der Waals surface area contributed by atoms with Gasteiger partial charge >= 0.3 is 18.1 Å². The number of hydrogen-bond acceptors (Lipinski definition) is 2. The van der Waals surface area contributed by atoms with E-state index < -0.39 is 31.3 Å². The third-order valence-electron chi connectivity index (χ3n) is 2.35. The molecule has 112 valence electrons.